The second-order valence-electron chi connectivity index (χ2n) is 7.91. The third kappa shape index (κ3) is 6.96. The summed E-state index contributed by atoms with van der Waals surface area (Å²) in [5.74, 6) is -0.805. The highest BCUT2D eigenvalue weighted by molar-refractivity contribution is 7.73. The number of rotatable bonds is 10. The number of hydrogen-bond donors (Lipinski definition) is 7. The van der Waals surface area contributed by atoms with Gasteiger partial charge in [0.15, 0.2) is 0 Å². The van der Waals surface area contributed by atoms with Gasteiger partial charge in [-0.05, 0) is 31.2 Å². The van der Waals surface area contributed by atoms with Crippen LogP contribution in [0.3, 0.4) is 0 Å². The Hall–Kier alpha value is -1.10. The van der Waals surface area contributed by atoms with Gasteiger partial charge in [0.05, 0.1) is 18.9 Å². The summed E-state index contributed by atoms with van der Waals surface area (Å²) >= 11 is 0. The molecule has 2 unspecified atom stereocenters. The normalized spacial score (nSPS) is 24.5. The van der Waals surface area contributed by atoms with Crippen LogP contribution in [-0.2, 0) is 22.7 Å². The van der Waals surface area contributed by atoms with Crippen LogP contribution in [0.5, 0.6) is 0 Å². The molecule has 16 heteroatoms. The first-order chi connectivity index (χ1) is 15.1. The third-order valence-electron chi connectivity index (χ3n) is 5.03. The Balaban J connectivity index is 1.98. The average molecular weight is 530 g/mol. The molecule has 0 saturated carbocycles. The van der Waals surface area contributed by atoms with Crippen molar-refractivity contribution in [2.75, 3.05) is 31.6 Å². The molecule has 7 N–H and O–H groups in total. The van der Waals surface area contributed by atoms with Crippen molar-refractivity contribution in [3.05, 3.63) is 29.8 Å². The molecule has 33 heavy (non-hydrogen) atoms. The highest BCUT2D eigenvalue weighted by atomic mass is 31.2. The van der Waals surface area contributed by atoms with Crippen LogP contribution in [0, 0.1) is 5.92 Å². The van der Waals surface area contributed by atoms with Crippen molar-refractivity contribution in [2.45, 2.75) is 31.0 Å². The fraction of sp³-hybridized carbons (Fsp3) is 0.588. The van der Waals surface area contributed by atoms with Crippen molar-refractivity contribution >= 4 is 34.4 Å². The zero-order valence-electron chi connectivity index (χ0n) is 18.0. The molecule has 0 aromatic heterocycles. The van der Waals surface area contributed by atoms with Crippen LogP contribution in [-0.4, -0.2) is 67.6 Å². The molecule has 0 radical (unpaired) electrons. The number of anilines is 1. The second-order valence-corrected chi connectivity index (χ2v) is 14.4. The largest absolute Gasteiger partial charge is 0.384 e. The summed E-state index contributed by atoms with van der Waals surface area (Å²) in [5.41, 5.74) is -0.212. The van der Waals surface area contributed by atoms with Crippen LogP contribution in [0.4, 0.5) is 5.69 Å². The van der Waals surface area contributed by atoms with Crippen LogP contribution in [0.25, 0.3) is 0 Å². The van der Waals surface area contributed by atoms with Gasteiger partial charge in [0, 0.05) is 36.7 Å². The van der Waals surface area contributed by atoms with Gasteiger partial charge in [-0.3, -0.25) is 18.5 Å². The fourth-order valence-electron chi connectivity index (χ4n) is 2.75. The molecule has 0 aliphatic carbocycles. The highest BCUT2D eigenvalue weighted by Crippen LogP contribution is 2.74. The molecule has 2 atom stereocenters. The molecule has 13 nitrogen and oxygen atoms in total. The number of amides is 1. The molecule has 188 valence electrons. The zero-order valence-corrected chi connectivity index (χ0v) is 20.7. The smallest absolute Gasteiger partial charge is 0.374 e. The summed E-state index contributed by atoms with van der Waals surface area (Å²) in [5, 5.41) is 12.7. The maximum atomic E-state index is 12.8. The summed E-state index contributed by atoms with van der Waals surface area (Å²) in [6.45, 7) is 2.46. The van der Waals surface area contributed by atoms with E-state index in [9.17, 15) is 33.4 Å². The standard InChI is InChI=1S/C17H29N2O11P3/c1-12-10-29-33(28,30-11-12)17(21,32(25,26)27)7-8-18-16(20)14-3-5-15(6-4-14)19-9-13(2)31(22,23)24/h3-6,12-13,19,21H,7-11H2,1-2H3,(H,18,20)(H2,22,23,24)(H2,25,26,27). The lowest BCUT2D eigenvalue weighted by Crippen LogP contribution is -2.38. The Morgan fingerprint density at radius 3 is 2.21 bits per heavy atom. The monoisotopic (exact) mass is 530 g/mol. The molecule has 1 aromatic rings. The van der Waals surface area contributed by atoms with E-state index in [1.807, 2.05) is 0 Å². The number of carbonyl (C=O) groups is 1. The van der Waals surface area contributed by atoms with E-state index < -0.39 is 52.4 Å². The summed E-state index contributed by atoms with van der Waals surface area (Å²) < 4.78 is 46.0. The first-order valence-corrected chi connectivity index (χ1v) is 14.8. The molecule has 1 amide bonds. The highest BCUT2D eigenvalue weighted by Gasteiger charge is 2.63. The van der Waals surface area contributed by atoms with Gasteiger partial charge in [-0.2, -0.15) is 0 Å². The van der Waals surface area contributed by atoms with E-state index in [4.69, 9.17) is 18.8 Å². The van der Waals surface area contributed by atoms with Crippen molar-refractivity contribution in [3.8, 4) is 0 Å². The van der Waals surface area contributed by atoms with Crippen LogP contribution in [0.2, 0.25) is 0 Å². The lowest BCUT2D eigenvalue weighted by molar-refractivity contribution is 0.0471. The van der Waals surface area contributed by atoms with Gasteiger partial charge in [0.25, 0.3) is 11.0 Å². The van der Waals surface area contributed by atoms with Crippen molar-refractivity contribution in [3.63, 3.8) is 0 Å². The second kappa shape index (κ2) is 10.7. The SMILES string of the molecule is CC1COP(=O)(C(O)(CCNC(=O)c2ccc(NCC(C)P(=O)(O)O)cc2)P(=O)(O)O)OC1. The topological polar surface area (TPSA) is 212 Å². The number of nitrogens with one attached hydrogen (secondary N) is 2. The first-order valence-electron chi connectivity index (χ1n) is 9.93. The maximum Gasteiger partial charge on any atom is 0.374 e. The molecule has 1 aromatic carbocycles. The van der Waals surface area contributed by atoms with Gasteiger partial charge in [0.2, 0.25) is 0 Å². The minimum absolute atomic E-state index is 0.0136. The van der Waals surface area contributed by atoms with E-state index >= 15 is 0 Å². The Bertz CT molecular complexity index is 965. The number of carbonyl (C=O) groups excluding carboxylic acids is 1. The quantitative estimate of drug-likeness (QED) is 0.214. The third-order valence-corrected chi connectivity index (χ3v) is 11.1. The van der Waals surface area contributed by atoms with E-state index in [2.05, 4.69) is 10.6 Å². The minimum atomic E-state index is -5.38. The van der Waals surface area contributed by atoms with Crippen molar-refractivity contribution in [1.29, 1.82) is 0 Å². The number of hydrogen-bond acceptors (Lipinski definition) is 8. The fourth-order valence-corrected chi connectivity index (χ4v) is 6.88. The summed E-state index contributed by atoms with van der Waals surface area (Å²) in [6.07, 6.45) is -0.783. The molecule has 1 heterocycles. The van der Waals surface area contributed by atoms with E-state index in [0.717, 1.165) is 0 Å². The molecule has 2 rings (SSSR count). The van der Waals surface area contributed by atoms with E-state index in [-0.39, 0.29) is 31.2 Å². The average Bonchev–Trinajstić information content (AvgIpc) is 2.72. The van der Waals surface area contributed by atoms with Gasteiger partial charge in [-0.15, -0.1) is 0 Å². The predicted octanol–water partition coefficient (Wildman–Crippen LogP) is 1.48. The van der Waals surface area contributed by atoms with Crippen LogP contribution in [0.1, 0.15) is 30.6 Å². The summed E-state index contributed by atoms with van der Waals surface area (Å²) in [4.78, 5) is 49.8. The van der Waals surface area contributed by atoms with E-state index in [1.165, 1.54) is 31.2 Å². The Morgan fingerprint density at radius 1 is 1.18 bits per heavy atom. The van der Waals surface area contributed by atoms with Gasteiger partial charge in [0.1, 0.15) is 0 Å². The summed E-state index contributed by atoms with van der Waals surface area (Å²) in [6, 6.07) is 5.87. The molecule has 0 bridgehead atoms. The van der Waals surface area contributed by atoms with E-state index in [0.29, 0.717) is 5.69 Å². The maximum absolute atomic E-state index is 12.8. The van der Waals surface area contributed by atoms with E-state index in [1.54, 1.807) is 6.92 Å². The predicted molar refractivity (Wildman–Crippen MR) is 119 cm³/mol. The lowest BCUT2D eigenvalue weighted by atomic mass is 10.2. The van der Waals surface area contributed by atoms with Crippen molar-refractivity contribution in [2.24, 2.45) is 5.92 Å². The molecule has 1 saturated heterocycles. The minimum Gasteiger partial charge on any atom is -0.384 e. The molecule has 0 spiro atoms. The number of benzene rings is 1. The molecule has 1 aliphatic heterocycles. The number of aliphatic hydroxyl groups is 1. The van der Waals surface area contributed by atoms with Crippen molar-refractivity contribution in [1.82, 2.24) is 5.32 Å². The van der Waals surface area contributed by atoms with Gasteiger partial charge in [-0.1, -0.05) is 6.92 Å². The Morgan fingerprint density at radius 2 is 1.73 bits per heavy atom. The van der Waals surface area contributed by atoms with Gasteiger partial charge >= 0.3 is 22.8 Å². The van der Waals surface area contributed by atoms with Crippen molar-refractivity contribution < 1.29 is 52.2 Å². The molecule has 1 fully saturated rings. The Labute approximate surface area is 190 Å². The lowest BCUT2D eigenvalue weighted by Gasteiger charge is -2.38. The van der Waals surface area contributed by atoms with Crippen LogP contribution < -0.4 is 10.6 Å². The first kappa shape index (κ1) is 28.1. The Kier molecular flexibility index (Phi) is 9.09. The van der Waals surface area contributed by atoms with Crippen LogP contribution >= 0.6 is 22.8 Å². The van der Waals surface area contributed by atoms with Gasteiger partial charge < -0.3 is 44.4 Å². The molecular formula is C17H29N2O11P3. The molecule has 1 aliphatic rings. The zero-order chi connectivity index (χ0) is 25.1. The summed E-state index contributed by atoms with van der Waals surface area (Å²) in [7, 11) is -14.2. The molecular weight excluding hydrogens is 501 g/mol. The van der Waals surface area contributed by atoms with Gasteiger partial charge in [-0.25, -0.2) is 0 Å². The van der Waals surface area contributed by atoms with Crippen LogP contribution in [0.15, 0.2) is 24.3 Å².